The Balaban J connectivity index is 3.98. The summed E-state index contributed by atoms with van der Waals surface area (Å²) in [4.78, 5) is 10.5. The Bertz CT molecular complexity index is 208. The lowest BCUT2D eigenvalue weighted by atomic mass is 10.1. The summed E-state index contributed by atoms with van der Waals surface area (Å²) in [6.45, 7) is 3.14. The summed E-state index contributed by atoms with van der Waals surface area (Å²) in [6.07, 6.45) is 5.94. The van der Waals surface area contributed by atoms with Gasteiger partial charge in [0.15, 0.2) is 0 Å². The molecule has 0 aromatic heterocycles. The van der Waals surface area contributed by atoms with E-state index in [-0.39, 0.29) is 12.2 Å². The molecule has 0 aromatic carbocycles. The van der Waals surface area contributed by atoms with Gasteiger partial charge in [0.1, 0.15) is 5.78 Å². The molecule has 60 valence electrons. The second-order valence-corrected chi connectivity index (χ2v) is 2.47. The monoisotopic (exact) mass is 152 g/mol. The highest BCUT2D eigenvalue weighted by atomic mass is 16.3. The number of rotatable bonds is 3. The second kappa shape index (κ2) is 4.70. The Labute approximate surface area is 66.9 Å². The molecule has 1 atom stereocenters. The van der Waals surface area contributed by atoms with E-state index in [1.165, 1.54) is 13.0 Å². The molecule has 0 fully saturated rings. The van der Waals surface area contributed by atoms with E-state index < -0.39 is 6.10 Å². The Morgan fingerprint density at radius 2 is 2.27 bits per heavy atom. The van der Waals surface area contributed by atoms with Crippen LogP contribution in [0, 0.1) is 12.3 Å². The van der Waals surface area contributed by atoms with E-state index in [0.717, 1.165) is 0 Å². The van der Waals surface area contributed by atoms with Gasteiger partial charge in [0.05, 0.1) is 6.10 Å². The lowest BCUT2D eigenvalue weighted by Crippen LogP contribution is -2.08. The van der Waals surface area contributed by atoms with Crippen LogP contribution in [0.5, 0.6) is 0 Å². The van der Waals surface area contributed by atoms with E-state index in [9.17, 15) is 4.79 Å². The Morgan fingerprint density at radius 1 is 1.73 bits per heavy atom. The molecule has 0 aliphatic heterocycles. The first kappa shape index (κ1) is 9.93. The summed E-state index contributed by atoms with van der Waals surface area (Å²) in [5.74, 6) is 2.32. The van der Waals surface area contributed by atoms with Gasteiger partial charge in [0, 0.05) is 6.42 Å². The maximum Gasteiger partial charge on any atom is 0.132 e. The molecule has 0 bridgehead atoms. The van der Waals surface area contributed by atoms with Crippen molar-refractivity contribution in [1.29, 1.82) is 0 Å². The van der Waals surface area contributed by atoms with Crippen molar-refractivity contribution in [3.63, 3.8) is 0 Å². The first-order chi connectivity index (χ1) is 5.06. The van der Waals surface area contributed by atoms with Crippen LogP contribution in [-0.2, 0) is 4.79 Å². The van der Waals surface area contributed by atoms with E-state index in [1.54, 1.807) is 6.92 Å². The molecule has 0 aromatic rings. The standard InChI is InChI=1S/C9H12O2/c1-4-7(2)5-9(11)6-8(3)10/h1,5,9,11H,6H2,2-3H3/b7-5-. The quantitative estimate of drug-likeness (QED) is 0.610. The summed E-state index contributed by atoms with van der Waals surface area (Å²) in [6, 6.07) is 0. The molecule has 1 unspecified atom stereocenters. The zero-order valence-electron chi connectivity index (χ0n) is 6.79. The minimum absolute atomic E-state index is 0.0430. The molecule has 2 nitrogen and oxygen atoms in total. The average Bonchev–Trinajstić information content (AvgIpc) is 1.85. The molecular weight excluding hydrogens is 140 g/mol. The topological polar surface area (TPSA) is 37.3 Å². The molecule has 0 amide bonds. The number of hydrogen-bond acceptors (Lipinski definition) is 2. The van der Waals surface area contributed by atoms with Crippen LogP contribution in [0.4, 0.5) is 0 Å². The molecule has 0 aliphatic carbocycles. The molecule has 0 rings (SSSR count). The molecule has 2 heteroatoms. The van der Waals surface area contributed by atoms with Gasteiger partial charge in [-0.05, 0) is 25.5 Å². The molecule has 0 saturated heterocycles. The van der Waals surface area contributed by atoms with Crippen molar-refractivity contribution < 1.29 is 9.90 Å². The number of hydrogen-bond donors (Lipinski definition) is 1. The molecule has 0 heterocycles. The number of aliphatic hydroxyl groups excluding tert-OH is 1. The van der Waals surface area contributed by atoms with Crippen molar-refractivity contribution in [2.75, 3.05) is 0 Å². The average molecular weight is 152 g/mol. The van der Waals surface area contributed by atoms with Gasteiger partial charge in [0.2, 0.25) is 0 Å². The van der Waals surface area contributed by atoms with Gasteiger partial charge in [0.25, 0.3) is 0 Å². The normalized spacial score (nSPS) is 13.8. The maximum atomic E-state index is 10.5. The van der Waals surface area contributed by atoms with Crippen molar-refractivity contribution in [2.45, 2.75) is 26.4 Å². The van der Waals surface area contributed by atoms with Gasteiger partial charge in [-0.2, -0.15) is 0 Å². The molecular formula is C9H12O2. The molecule has 0 radical (unpaired) electrons. The SMILES string of the molecule is C#C/C(C)=C\C(O)CC(C)=O. The van der Waals surface area contributed by atoms with Crippen LogP contribution in [-0.4, -0.2) is 17.0 Å². The van der Waals surface area contributed by atoms with Crippen LogP contribution < -0.4 is 0 Å². The Morgan fingerprint density at radius 3 is 2.64 bits per heavy atom. The van der Waals surface area contributed by atoms with Crippen molar-refractivity contribution >= 4 is 5.78 Å². The van der Waals surface area contributed by atoms with Crippen LogP contribution in [0.15, 0.2) is 11.6 Å². The third-order valence-corrected chi connectivity index (χ3v) is 1.17. The molecule has 0 aliphatic rings. The van der Waals surface area contributed by atoms with Crippen LogP contribution in [0.2, 0.25) is 0 Å². The fraction of sp³-hybridized carbons (Fsp3) is 0.444. The van der Waals surface area contributed by atoms with E-state index in [4.69, 9.17) is 11.5 Å². The predicted molar refractivity (Wildman–Crippen MR) is 43.9 cm³/mol. The van der Waals surface area contributed by atoms with Crippen LogP contribution in [0.3, 0.4) is 0 Å². The number of ketones is 1. The summed E-state index contributed by atoms with van der Waals surface area (Å²) in [5, 5.41) is 9.13. The zero-order valence-corrected chi connectivity index (χ0v) is 6.79. The summed E-state index contributed by atoms with van der Waals surface area (Å²) < 4.78 is 0. The van der Waals surface area contributed by atoms with Gasteiger partial charge in [-0.1, -0.05) is 5.92 Å². The number of aliphatic hydroxyl groups is 1. The van der Waals surface area contributed by atoms with Crippen molar-refractivity contribution in [3.05, 3.63) is 11.6 Å². The lowest BCUT2D eigenvalue weighted by Gasteiger charge is -2.01. The first-order valence-corrected chi connectivity index (χ1v) is 3.38. The number of allylic oxidation sites excluding steroid dienone is 1. The molecule has 0 spiro atoms. The Kier molecular flexibility index (Phi) is 4.24. The van der Waals surface area contributed by atoms with Gasteiger partial charge in [-0.25, -0.2) is 0 Å². The second-order valence-electron chi connectivity index (χ2n) is 2.47. The summed E-state index contributed by atoms with van der Waals surface area (Å²) in [7, 11) is 0. The van der Waals surface area contributed by atoms with Gasteiger partial charge < -0.3 is 5.11 Å². The van der Waals surface area contributed by atoms with E-state index in [2.05, 4.69) is 5.92 Å². The van der Waals surface area contributed by atoms with E-state index in [1.807, 2.05) is 0 Å². The number of terminal acetylenes is 1. The lowest BCUT2D eigenvalue weighted by molar-refractivity contribution is -0.118. The third kappa shape index (κ3) is 5.38. The highest BCUT2D eigenvalue weighted by Gasteiger charge is 2.02. The van der Waals surface area contributed by atoms with Gasteiger partial charge in [-0.3, -0.25) is 4.79 Å². The first-order valence-electron chi connectivity index (χ1n) is 3.38. The van der Waals surface area contributed by atoms with Crippen molar-refractivity contribution in [2.24, 2.45) is 0 Å². The van der Waals surface area contributed by atoms with Crippen molar-refractivity contribution in [1.82, 2.24) is 0 Å². The fourth-order valence-electron chi connectivity index (χ4n) is 0.690. The van der Waals surface area contributed by atoms with E-state index in [0.29, 0.717) is 5.57 Å². The van der Waals surface area contributed by atoms with Gasteiger partial charge >= 0.3 is 0 Å². The predicted octanol–water partition coefficient (Wildman–Crippen LogP) is 0.906. The molecule has 11 heavy (non-hydrogen) atoms. The van der Waals surface area contributed by atoms with Crippen molar-refractivity contribution in [3.8, 4) is 12.3 Å². The minimum Gasteiger partial charge on any atom is -0.389 e. The molecule has 0 saturated carbocycles. The highest BCUT2D eigenvalue weighted by molar-refractivity contribution is 5.76. The smallest absolute Gasteiger partial charge is 0.132 e. The third-order valence-electron chi connectivity index (χ3n) is 1.17. The Hall–Kier alpha value is -1.07. The zero-order chi connectivity index (χ0) is 8.85. The highest BCUT2D eigenvalue weighted by Crippen LogP contribution is 1.98. The fourth-order valence-corrected chi connectivity index (χ4v) is 0.690. The number of Topliss-reactive ketones (excluding diaryl/α,β-unsaturated/α-hetero) is 1. The number of carbonyl (C=O) groups excluding carboxylic acids is 1. The largest absolute Gasteiger partial charge is 0.389 e. The minimum atomic E-state index is -0.733. The van der Waals surface area contributed by atoms with Crippen LogP contribution >= 0.6 is 0 Å². The summed E-state index contributed by atoms with van der Waals surface area (Å²) in [5.41, 5.74) is 0.652. The molecule has 1 N–H and O–H groups in total. The maximum absolute atomic E-state index is 10.5. The number of carbonyl (C=O) groups is 1. The van der Waals surface area contributed by atoms with Crippen LogP contribution in [0.1, 0.15) is 20.3 Å². The summed E-state index contributed by atoms with van der Waals surface area (Å²) >= 11 is 0. The van der Waals surface area contributed by atoms with E-state index >= 15 is 0 Å². The van der Waals surface area contributed by atoms with Crippen LogP contribution in [0.25, 0.3) is 0 Å². The van der Waals surface area contributed by atoms with Gasteiger partial charge in [-0.15, -0.1) is 6.42 Å².